The summed E-state index contributed by atoms with van der Waals surface area (Å²) in [5.41, 5.74) is 2.02. The second kappa shape index (κ2) is 6.12. The van der Waals surface area contributed by atoms with Gasteiger partial charge in [-0.3, -0.25) is 15.0 Å². The number of nitrogens with zero attached hydrogens (tertiary/aromatic N) is 1. The van der Waals surface area contributed by atoms with Crippen LogP contribution >= 0.6 is 0 Å². The molecule has 134 valence electrons. The molecular weight excluding hydrogens is 330 g/mol. The molecule has 6 heteroatoms. The maximum absolute atomic E-state index is 12.8. The summed E-state index contributed by atoms with van der Waals surface area (Å²) < 4.78 is 0. The van der Waals surface area contributed by atoms with E-state index in [0.717, 1.165) is 28.6 Å². The van der Waals surface area contributed by atoms with Gasteiger partial charge in [-0.2, -0.15) is 5.01 Å². The van der Waals surface area contributed by atoms with Gasteiger partial charge in [-0.25, -0.2) is 4.79 Å². The largest absolute Gasteiger partial charge is 0.344 e. The van der Waals surface area contributed by atoms with Crippen molar-refractivity contribution in [2.45, 2.75) is 38.1 Å². The molecule has 0 bridgehead atoms. The molecule has 1 spiro atoms. The SMILES string of the molecule is CC1CCC2(CC1)NC(=O)N(NC(=O)c1ccc3ccccc3c1)C2=O. The maximum atomic E-state index is 12.8. The molecule has 6 nitrogen and oxygen atoms in total. The van der Waals surface area contributed by atoms with Crippen LogP contribution in [0.1, 0.15) is 43.0 Å². The van der Waals surface area contributed by atoms with Crippen LogP contribution < -0.4 is 10.7 Å². The van der Waals surface area contributed by atoms with Gasteiger partial charge in [-0.05, 0) is 54.5 Å². The molecule has 0 radical (unpaired) electrons. The first-order valence-corrected chi connectivity index (χ1v) is 8.95. The van der Waals surface area contributed by atoms with Gasteiger partial charge in [0.1, 0.15) is 5.54 Å². The number of imide groups is 1. The lowest BCUT2D eigenvalue weighted by Gasteiger charge is -2.33. The summed E-state index contributed by atoms with van der Waals surface area (Å²) in [5.74, 6) is -0.282. The number of amides is 4. The number of carbonyl (C=O) groups excluding carboxylic acids is 3. The number of carbonyl (C=O) groups is 3. The van der Waals surface area contributed by atoms with Gasteiger partial charge in [0.2, 0.25) is 0 Å². The van der Waals surface area contributed by atoms with Crippen LogP contribution in [0.3, 0.4) is 0 Å². The molecule has 1 aliphatic heterocycles. The van der Waals surface area contributed by atoms with Crippen LogP contribution in [-0.4, -0.2) is 28.4 Å². The molecule has 1 saturated heterocycles. The summed E-state index contributed by atoms with van der Waals surface area (Å²) in [6.45, 7) is 2.15. The highest BCUT2D eigenvalue weighted by molar-refractivity contribution is 6.09. The Bertz CT molecular complexity index is 900. The molecule has 2 aromatic carbocycles. The van der Waals surface area contributed by atoms with E-state index in [9.17, 15) is 14.4 Å². The molecular formula is C20H21N3O3. The number of fused-ring (bicyclic) bond motifs is 1. The Morgan fingerprint density at radius 2 is 1.81 bits per heavy atom. The van der Waals surface area contributed by atoms with Gasteiger partial charge in [-0.1, -0.05) is 37.3 Å². The Balaban J connectivity index is 1.53. The van der Waals surface area contributed by atoms with E-state index in [-0.39, 0.29) is 5.91 Å². The minimum atomic E-state index is -0.861. The third-order valence-corrected chi connectivity index (χ3v) is 5.51. The van der Waals surface area contributed by atoms with Crippen LogP contribution in [0.5, 0.6) is 0 Å². The molecule has 2 aromatic rings. The number of hydrazine groups is 1. The average Bonchev–Trinajstić information content (AvgIpc) is 2.88. The normalized spacial score (nSPS) is 25.6. The van der Waals surface area contributed by atoms with E-state index in [2.05, 4.69) is 17.7 Å². The molecule has 4 rings (SSSR count). The van der Waals surface area contributed by atoms with Gasteiger partial charge in [0.25, 0.3) is 11.8 Å². The minimum absolute atomic E-state index is 0.358. The zero-order valence-electron chi connectivity index (χ0n) is 14.6. The van der Waals surface area contributed by atoms with Crippen molar-refractivity contribution in [3.63, 3.8) is 0 Å². The molecule has 2 aliphatic rings. The van der Waals surface area contributed by atoms with E-state index in [4.69, 9.17) is 0 Å². The third kappa shape index (κ3) is 2.71. The number of rotatable bonds is 2. The Labute approximate surface area is 151 Å². The second-order valence-corrected chi connectivity index (χ2v) is 7.34. The molecule has 2 N–H and O–H groups in total. The second-order valence-electron chi connectivity index (χ2n) is 7.34. The van der Waals surface area contributed by atoms with Crippen molar-refractivity contribution < 1.29 is 14.4 Å². The monoisotopic (exact) mass is 351 g/mol. The van der Waals surface area contributed by atoms with Crippen molar-refractivity contribution in [1.29, 1.82) is 0 Å². The highest BCUT2D eigenvalue weighted by Gasteiger charge is 2.52. The molecule has 1 aliphatic carbocycles. The number of urea groups is 1. The fourth-order valence-corrected chi connectivity index (χ4v) is 3.81. The van der Waals surface area contributed by atoms with Crippen molar-refractivity contribution in [3.8, 4) is 0 Å². The van der Waals surface area contributed by atoms with Crippen molar-refractivity contribution in [2.75, 3.05) is 0 Å². The maximum Gasteiger partial charge on any atom is 0.344 e. The predicted octanol–water partition coefficient (Wildman–Crippen LogP) is 2.99. The zero-order valence-corrected chi connectivity index (χ0v) is 14.6. The molecule has 0 unspecified atom stereocenters. The van der Waals surface area contributed by atoms with Crippen LogP contribution in [0, 0.1) is 5.92 Å². The molecule has 0 aromatic heterocycles. The summed E-state index contributed by atoms with van der Waals surface area (Å²) in [4.78, 5) is 37.7. The topological polar surface area (TPSA) is 78.5 Å². The van der Waals surface area contributed by atoms with Crippen LogP contribution in [0.25, 0.3) is 10.8 Å². The quantitative estimate of drug-likeness (QED) is 0.817. The molecule has 1 heterocycles. The van der Waals surface area contributed by atoms with Crippen molar-refractivity contribution in [1.82, 2.24) is 15.8 Å². The predicted molar refractivity (Wildman–Crippen MR) is 97.2 cm³/mol. The zero-order chi connectivity index (χ0) is 18.3. The van der Waals surface area contributed by atoms with Crippen LogP contribution in [-0.2, 0) is 4.79 Å². The van der Waals surface area contributed by atoms with Crippen molar-refractivity contribution in [2.24, 2.45) is 5.92 Å². The molecule has 2 fully saturated rings. The highest BCUT2D eigenvalue weighted by atomic mass is 16.2. The molecule has 4 amide bonds. The van der Waals surface area contributed by atoms with Crippen LogP contribution in [0.4, 0.5) is 4.79 Å². The third-order valence-electron chi connectivity index (χ3n) is 5.51. The van der Waals surface area contributed by atoms with Gasteiger partial charge in [0.15, 0.2) is 0 Å². The first-order chi connectivity index (χ1) is 12.5. The first-order valence-electron chi connectivity index (χ1n) is 8.95. The van der Waals surface area contributed by atoms with Crippen LogP contribution in [0.15, 0.2) is 42.5 Å². The lowest BCUT2D eigenvalue weighted by Crippen LogP contribution is -2.51. The molecule has 0 atom stereocenters. The summed E-state index contributed by atoms with van der Waals surface area (Å²) in [6.07, 6.45) is 3.00. The van der Waals surface area contributed by atoms with Gasteiger partial charge < -0.3 is 5.32 Å². The lowest BCUT2D eigenvalue weighted by molar-refractivity contribution is -0.134. The Hall–Kier alpha value is -2.89. The van der Waals surface area contributed by atoms with Gasteiger partial charge >= 0.3 is 6.03 Å². The van der Waals surface area contributed by atoms with Crippen LogP contribution in [0.2, 0.25) is 0 Å². The molecule has 26 heavy (non-hydrogen) atoms. The van der Waals surface area contributed by atoms with E-state index in [0.29, 0.717) is 24.3 Å². The van der Waals surface area contributed by atoms with Gasteiger partial charge in [0, 0.05) is 5.56 Å². The number of hydrogen-bond acceptors (Lipinski definition) is 3. The Morgan fingerprint density at radius 1 is 1.12 bits per heavy atom. The fourth-order valence-electron chi connectivity index (χ4n) is 3.81. The van der Waals surface area contributed by atoms with E-state index in [1.807, 2.05) is 30.3 Å². The highest BCUT2D eigenvalue weighted by Crippen LogP contribution is 2.35. The Morgan fingerprint density at radius 3 is 2.54 bits per heavy atom. The van der Waals surface area contributed by atoms with E-state index in [1.165, 1.54) is 0 Å². The summed E-state index contributed by atoms with van der Waals surface area (Å²) in [6, 6.07) is 12.4. The van der Waals surface area contributed by atoms with Crippen molar-refractivity contribution >= 4 is 28.6 Å². The Kier molecular flexibility index (Phi) is 3.90. The fraction of sp³-hybridized carbons (Fsp3) is 0.350. The summed E-state index contributed by atoms with van der Waals surface area (Å²) in [5, 5.41) is 5.59. The van der Waals surface area contributed by atoms with Gasteiger partial charge in [0.05, 0.1) is 0 Å². The van der Waals surface area contributed by atoms with Crippen molar-refractivity contribution in [3.05, 3.63) is 48.0 Å². The number of nitrogens with one attached hydrogen (secondary N) is 2. The first kappa shape index (κ1) is 16.6. The molecule has 1 saturated carbocycles. The standard InChI is InChI=1S/C20H21N3O3/c1-13-8-10-20(11-9-13)18(25)23(19(26)21-20)22-17(24)16-7-6-14-4-2-3-5-15(14)12-16/h2-7,12-13H,8-11H2,1H3,(H,21,26)(H,22,24). The van der Waals surface area contributed by atoms with E-state index >= 15 is 0 Å². The number of benzene rings is 2. The average molecular weight is 351 g/mol. The van der Waals surface area contributed by atoms with Gasteiger partial charge in [-0.15, -0.1) is 0 Å². The summed E-state index contributed by atoms with van der Waals surface area (Å²) in [7, 11) is 0. The summed E-state index contributed by atoms with van der Waals surface area (Å²) >= 11 is 0. The minimum Gasteiger partial charge on any atom is -0.322 e. The number of hydrogen-bond donors (Lipinski definition) is 2. The van der Waals surface area contributed by atoms with E-state index in [1.54, 1.807) is 12.1 Å². The smallest absolute Gasteiger partial charge is 0.322 e. The lowest BCUT2D eigenvalue weighted by atomic mass is 9.77. The van der Waals surface area contributed by atoms with E-state index < -0.39 is 17.5 Å².